The van der Waals surface area contributed by atoms with E-state index in [9.17, 15) is 29.1 Å². The van der Waals surface area contributed by atoms with Gasteiger partial charge in [-0.1, -0.05) is 54.5 Å². The first-order valence-corrected chi connectivity index (χ1v) is 18.2. The van der Waals surface area contributed by atoms with Crippen molar-refractivity contribution in [3.05, 3.63) is 81.9 Å². The molecule has 2 aromatic carbocycles. The Bertz CT molecular complexity index is 1900. The smallest absolute Gasteiger partial charge is 0.409 e. The number of hydrogen-bond acceptors (Lipinski definition) is 11. The summed E-state index contributed by atoms with van der Waals surface area (Å²) in [5.41, 5.74) is -0.324. The van der Waals surface area contributed by atoms with Gasteiger partial charge in [0.25, 0.3) is 5.91 Å². The number of aliphatic hydroxyl groups is 1. The standard InChI is InChI=1S/C40H48ClN3O11/c1-22-10-9-11-31(52-8)40(50)20-30(53-38(49)42-40)23(2)36-39(4,55-36)32(19-33(46)44(6)28-17-25(16-22)18-29(51-7)35(28)41)54-34(47)21-43(5)37(48)27-14-12-26(13-15-27)24(3)45/h9-15,17-18,23,30-32,36,50H,16,19-21H2,1-8H3,(H,42,49)/b11-9+,22-10+/t23?,30-,31+,32-,36?,39?,40-/m0/s1. The molecule has 3 amide bonds. The summed E-state index contributed by atoms with van der Waals surface area (Å²) in [5.74, 6) is -2.11. The molecule has 0 aliphatic carbocycles. The van der Waals surface area contributed by atoms with Crippen LogP contribution in [0.5, 0.6) is 5.75 Å². The summed E-state index contributed by atoms with van der Waals surface area (Å²) in [6.45, 7) is 6.33. The van der Waals surface area contributed by atoms with Gasteiger partial charge in [-0.05, 0) is 57.0 Å². The van der Waals surface area contributed by atoms with Crippen LogP contribution in [0.1, 0.15) is 66.8 Å². The first-order valence-electron chi connectivity index (χ1n) is 17.8. The van der Waals surface area contributed by atoms with E-state index in [0.717, 1.165) is 11.1 Å². The van der Waals surface area contributed by atoms with E-state index < -0.39 is 72.1 Å². The second-order valence-electron chi connectivity index (χ2n) is 14.6. The van der Waals surface area contributed by atoms with E-state index in [2.05, 4.69) is 5.32 Å². The number of benzene rings is 2. The zero-order valence-electron chi connectivity index (χ0n) is 32.2. The van der Waals surface area contributed by atoms with Crippen LogP contribution >= 0.6 is 11.6 Å². The number of nitrogens with zero attached hydrogens (tertiary/aromatic N) is 2. The zero-order valence-corrected chi connectivity index (χ0v) is 33.0. The topological polar surface area (TPSA) is 174 Å². The van der Waals surface area contributed by atoms with Crippen LogP contribution in [-0.4, -0.2) is 110 Å². The van der Waals surface area contributed by atoms with Crippen LogP contribution in [0.25, 0.3) is 0 Å². The fourth-order valence-corrected chi connectivity index (χ4v) is 7.45. The van der Waals surface area contributed by atoms with E-state index in [1.165, 1.54) is 62.3 Å². The molecule has 3 aliphatic heterocycles. The van der Waals surface area contributed by atoms with Crippen molar-refractivity contribution in [1.82, 2.24) is 10.2 Å². The summed E-state index contributed by atoms with van der Waals surface area (Å²) in [7, 11) is 5.88. The highest BCUT2D eigenvalue weighted by Gasteiger charge is 2.64. The number of alkyl carbamates (subject to hydrolysis) is 1. The van der Waals surface area contributed by atoms with Crippen molar-refractivity contribution < 1.29 is 52.8 Å². The van der Waals surface area contributed by atoms with Crippen molar-refractivity contribution in [2.45, 2.75) is 82.7 Å². The van der Waals surface area contributed by atoms with Crippen LogP contribution in [0, 0.1) is 5.92 Å². The van der Waals surface area contributed by atoms with E-state index in [1.807, 2.05) is 13.0 Å². The van der Waals surface area contributed by atoms with E-state index in [1.54, 1.807) is 45.2 Å². The molecule has 0 saturated carbocycles. The van der Waals surface area contributed by atoms with Crippen LogP contribution in [0.4, 0.5) is 10.5 Å². The molecule has 0 spiro atoms. The summed E-state index contributed by atoms with van der Waals surface area (Å²) in [6, 6.07) is 9.61. The third-order valence-corrected chi connectivity index (χ3v) is 10.9. The molecule has 7 atom stereocenters. The Morgan fingerprint density at radius 1 is 1.13 bits per heavy atom. The number of fused-ring (bicyclic) bond motifs is 5. The average Bonchev–Trinajstić information content (AvgIpc) is 3.83. The predicted molar refractivity (Wildman–Crippen MR) is 202 cm³/mol. The van der Waals surface area contributed by atoms with E-state index in [0.29, 0.717) is 23.4 Å². The Balaban J connectivity index is 1.48. The number of likely N-dealkylation sites (N-methyl/N-ethyl adjacent to an activating group) is 1. The fourth-order valence-electron chi connectivity index (χ4n) is 7.13. The molecule has 15 heteroatoms. The van der Waals surface area contributed by atoms with Gasteiger partial charge < -0.3 is 38.6 Å². The van der Waals surface area contributed by atoms with E-state index in [-0.39, 0.29) is 29.2 Å². The van der Waals surface area contributed by atoms with Gasteiger partial charge in [0.2, 0.25) is 5.91 Å². The largest absolute Gasteiger partial charge is 0.495 e. The highest BCUT2D eigenvalue weighted by atomic mass is 35.5. The molecule has 55 heavy (non-hydrogen) atoms. The third-order valence-electron chi connectivity index (χ3n) is 10.5. The first kappa shape index (κ1) is 41.4. The Hall–Kier alpha value is -4.76. The number of methoxy groups -OCH3 is 2. The number of nitrogens with one attached hydrogen (secondary N) is 1. The molecule has 14 nitrogen and oxygen atoms in total. The number of ketones is 1. The molecular weight excluding hydrogens is 734 g/mol. The monoisotopic (exact) mass is 781 g/mol. The van der Waals surface area contributed by atoms with Gasteiger partial charge in [-0.15, -0.1) is 0 Å². The Morgan fingerprint density at radius 2 is 1.80 bits per heavy atom. The lowest BCUT2D eigenvalue weighted by Gasteiger charge is -2.42. The SMILES string of the molecule is COc1cc2cc(c1Cl)N(C)C(=O)C[C@H](OC(=O)CN(C)C(=O)c1ccc(C(C)=O)cc1)C1(C)OC1C(C)[C@@H]1C[C@@](O)(NC(=O)O1)[C@H](OC)/C=C/C=C(\C)C2. The van der Waals surface area contributed by atoms with E-state index in [4.69, 9.17) is 35.3 Å². The number of epoxide rings is 1. The Kier molecular flexibility index (Phi) is 12.4. The van der Waals surface area contributed by atoms with Gasteiger partial charge in [-0.2, -0.15) is 0 Å². The number of carbonyl (C=O) groups excluding carboxylic acids is 5. The average molecular weight is 782 g/mol. The number of hydrogen-bond donors (Lipinski definition) is 2. The highest BCUT2D eigenvalue weighted by Crippen LogP contribution is 2.49. The molecule has 4 bridgehead atoms. The van der Waals surface area contributed by atoms with Crippen LogP contribution < -0.4 is 15.0 Å². The van der Waals surface area contributed by atoms with Crippen molar-refractivity contribution in [3.8, 4) is 5.75 Å². The third kappa shape index (κ3) is 9.04. The molecule has 0 aromatic heterocycles. The Labute approximate surface area is 325 Å². The van der Waals surface area contributed by atoms with Crippen molar-refractivity contribution in [2.24, 2.45) is 5.92 Å². The number of allylic oxidation sites excluding steroid dienone is 3. The van der Waals surface area contributed by atoms with Crippen molar-refractivity contribution in [1.29, 1.82) is 0 Å². The summed E-state index contributed by atoms with van der Waals surface area (Å²) < 4.78 is 29.1. The molecule has 5 rings (SSSR count). The van der Waals surface area contributed by atoms with E-state index >= 15 is 0 Å². The number of esters is 1. The minimum absolute atomic E-state index is 0.0715. The van der Waals surface area contributed by atoms with Gasteiger partial charge in [-0.25, -0.2) is 4.79 Å². The zero-order chi connectivity index (χ0) is 40.4. The molecule has 2 saturated heterocycles. The number of Topliss-reactive ketones (excluding diaryl/α,β-unsaturated/α-hetero) is 1. The molecule has 296 valence electrons. The van der Waals surface area contributed by atoms with Crippen LogP contribution in [0.3, 0.4) is 0 Å². The summed E-state index contributed by atoms with van der Waals surface area (Å²) in [5, 5.41) is 14.4. The van der Waals surface area contributed by atoms with Gasteiger partial charge in [-0.3, -0.25) is 24.5 Å². The minimum atomic E-state index is -1.85. The molecular formula is C40H48ClN3O11. The number of ether oxygens (including phenoxy) is 5. The van der Waals surface area contributed by atoms with Crippen molar-refractivity contribution in [2.75, 3.05) is 39.8 Å². The maximum absolute atomic E-state index is 14.1. The molecule has 0 radical (unpaired) electrons. The molecule has 3 aliphatic rings. The lowest BCUT2D eigenvalue weighted by molar-refractivity contribution is -0.154. The van der Waals surface area contributed by atoms with Crippen molar-refractivity contribution >= 4 is 46.9 Å². The lowest BCUT2D eigenvalue weighted by atomic mass is 9.83. The van der Waals surface area contributed by atoms with Crippen LogP contribution in [0.2, 0.25) is 5.02 Å². The number of rotatable bonds is 7. The van der Waals surface area contributed by atoms with Crippen LogP contribution in [0.15, 0.2) is 60.2 Å². The Morgan fingerprint density at radius 3 is 2.44 bits per heavy atom. The van der Waals surface area contributed by atoms with Crippen molar-refractivity contribution in [3.63, 3.8) is 0 Å². The van der Waals surface area contributed by atoms with Gasteiger partial charge in [0.1, 0.15) is 41.2 Å². The molecule has 2 N–H and O–H groups in total. The number of carbonyl (C=O) groups is 5. The second kappa shape index (κ2) is 16.5. The molecule has 2 aromatic rings. The second-order valence-corrected chi connectivity index (χ2v) is 14.9. The van der Waals surface area contributed by atoms with Gasteiger partial charge in [0.05, 0.1) is 25.3 Å². The summed E-state index contributed by atoms with van der Waals surface area (Å²) >= 11 is 6.75. The quantitative estimate of drug-likeness (QED) is 0.228. The maximum Gasteiger partial charge on any atom is 0.409 e. The molecule has 3 heterocycles. The minimum Gasteiger partial charge on any atom is -0.495 e. The fraction of sp³-hybridized carbons (Fsp3) is 0.475. The lowest BCUT2D eigenvalue weighted by Crippen LogP contribution is -2.63. The number of anilines is 1. The normalized spacial score (nSPS) is 29.7. The predicted octanol–water partition coefficient (Wildman–Crippen LogP) is 4.64. The number of halogens is 1. The molecule has 3 unspecified atom stereocenters. The number of amides is 3. The molecule has 2 fully saturated rings. The van der Waals surface area contributed by atoms with Gasteiger partial charge >= 0.3 is 12.1 Å². The highest BCUT2D eigenvalue weighted by molar-refractivity contribution is 6.35. The first-order chi connectivity index (χ1) is 25.9. The summed E-state index contributed by atoms with van der Waals surface area (Å²) in [6.07, 6.45) is 0.695. The maximum atomic E-state index is 14.1. The van der Waals surface area contributed by atoms with Crippen LogP contribution in [-0.2, 0) is 35.0 Å². The van der Waals surface area contributed by atoms with Gasteiger partial charge in [0, 0.05) is 44.7 Å². The van der Waals surface area contributed by atoms with Gasteiger partial charge in [0.15, 0.2) is 11.5 Å². The summed E-state index contributed by atoms with van der Waals surface area (Å²) in [4.78, 5) is 68.0.